The summed E-state index contributed by atoms with van der Waals surface area (Å²) in [4.78, 5) is 2.34. The third kappa shape index (κ3) is 3.02. The molecule has 1 fully saturated rings. The molecule has 0 radical (unpaired) electrons. The van der Waals surface area contributed by atoms with E-state index in [-0.39, 0.29) is 10.8 Å². The van der Waals surface area contributed by atoms with E-state index < -0.39 is 0 Å². The van der Waals surface area contributed by atoms with Gasteiger partial charge in [0.05, 0.1) is 5.02 Å². The lowest BCUT2D eigenvalue weighted by atomic mass is 9.99. The fraction of sp³-hybridized carbons (Fsp3) is 0.571. The van der Waals surface area contributed by atoms with Gasteiger partial charge < -0.3 is 5.32 Å². The van der Waals surface area contributed by atoms with Gasteiger partial charge in [-0.25, -0.2) is 4.39 Å². The van der Waals surface area contributed by atoms with Gasteiger partial charge in [0.2, 0.25) is 0 Å². The first-order chi connectivity index (χ1) is 8.59. The molecule has 1 heterocycles. The van der Waals surface area contributed by atoms with Crippen LogP contribution in [0.2, 0.25) is 5.02 Å². The third-order valence-corrected chi connectivity index (χ3v) is 3.86. The highest BCUT2D eigenvalue weighted by Crippen LogP contribution is 2.22. The van der Waals surface area contributed by atoms with Gasteiger partial charge in [0, 0.05) is 37.8 Å². The summed E-state index contributed by atoms with van der Waals surface area (Å²) >= 11 is 5.82. The first-order valence-corrected chi connectivity index (χ1v) is 6.85. The topological polar surface area (TPSA) is 15.3 Å². The highest BCUT2D eigenvalue weighted by atomic mass is 35.5. The Morgan fingerprint density at radius 1 is 1.50 bits per heavy atom. The van der Waals surface area contributed by atoms with Gasteiger partial charge in [-0.05, 0) is 12.0 Å². The second kappa shape index (κ2) is 6.00. The van der Waals surface area contributed by atoms with Crippen LogP contribution in [0.5, 0.6) is 0 Å². The van der Waals surface area contributed by atoms with Crippen molar-refractivity contribution in [1.29, 1.82) is 0 Å². The molecule has 1 aliphatic heterocycles. The zero-order valence-electron chi connectivity index (χ0n) is 10.9. The van der Waals surface area contributed by atoms with E-state index in [4.69, 9.17) is 11.6 Å². The van der Waals surface area contributed by atoms with E-state index in [1.165, 1.54) is 0 Å². The number of benzene rings is 1. The van der Waals surface area contributed by atoms with Crippen molar-refractivity contribution in [2.24, 2.45) is 5.92 Å². The minimum atomic E-state index is -0.278. The molecular weight excluding hydrogens is 251 g/mol. The molecule has 0 bridgehead atoms. The van der Waals surface area contributed by atoms with Crippen molar-refractivity contribution >= 4 is 11.6 Å². The van der Waals surface area contributed by atoms with Crippen LogP contribution in [0.15, 0.2) is 18.2 Å². The molecule has 0 aromatic heterocycles. The van der Waals surface area contributed by atoms with Crippen LogP contribution in [0.25, 0.3) is 0 Å². The Bertz CT molecular complexity index is 409. The summed E-state index contributed by atoms with van der Waals surface area (Å²) in [5.74, 6) is 0.278. The van der Waals surface area contributed by atoms with Gasteiger partial charge >= 0.3 is 0 Å². The number of nitrogens with one attached hydrogen (secondary N) is 1. The highest BCUT2D eigenvalue weighted by molar-refractivity contribution is 6.30. The normalized spacial score (nSPS) is 21.5. The quantitative estimate of drug-likeness (QED) is 0.909. The van der Waals surface area contributed by atoms with E-state index in [0.717, 1.165) is 19.6 Å². The SMILES string of the molecule is CC(C)C1CNCCN1Cc1cccc(Cl)c1F. The first kappa shape index (κ1) is 13.8. The fourth-order valence-electron chi connectivity index (χ4n) is 2.51. The molecule has 2 rings (SSSR count). The van der Waals surface area contributed by atoms with Gasteiger partial charge in [0.15, 0.2) is 0 Å². The minimum absolute atomic E-state index is 0.212. The molecule has 0 spiro atoms. The second-order valence-electron chi connectivity index (χ2n) is 5.20. The zero-order valence-corrected chi connectivity index (χ0v) is 11.7. The molecule has 4 heteroatoms. The average Bonchev–Trinajstić information content (AvgIpc) is 2.35. The molecule has 1 unspecified atom stereocenters. The summed E-state index contributed by atoms with van der Waals surface area (Å²) in [7, 11) is 0. The molecule has 2 nitrogen and oxygen atoms in total. The van der Waals surface area contributed by atoms with Gasteiger partial charge in [0.25, 0.3) is 0 Å². The Labute approximate surface area is 113 Å². The van der Waals surface area contributed by atoms with Crippen molar-refractivity contribution < 1.29 is 4.39 Å². The number of hydrogen-bond acceptors (Lipinski definition) is 2. The maximum atomic E-state index is 13.9. The van der Waals surface area contributed by atoms with E-state index in [1.54, 1.807) is 6.07 Å². The molecule has 0 saturated carbocycles. The fourth-order valence-corrected chi connectivity index (χ4v) is 2.70. The summed E-state index contributed by atoms with van der Waals surface area (Å²) in [6.07, 6.45) is 0. The van der Waals surface area contributed by atoms with Crippen molar-refractivity contribution in [2.45, 2.75) is 26.4 Å². The minimum Gasteiger partial charge on any atom is -0.314 e. The molecule has 1 N–H and O–H groups in total. The number of halogens is 2. The Morgan fingerprint density at radius 3 is 3.00 bits per heavy atom. The van der Waals surface area contributed by atoms with Crippen molar-refractivity contribution in [3.8, 4) is 0 Å². The monoisotopic (exact) mass is 270 g/mol. The van der Waals surface area contributed by atoms with Crippen LogP contribution in [0.3, 0.4) is 0 Å². The van der Waals surface area contributed by atoms with E-state index in [0.29, 0.717) is 24.1 Å². The smallest absolute Gasteiger partial charge is 0.146 e. The summed E-state index contributed by atoms with van der Waals surface area (Å²) in [5.41, 5.74) is 0.690. The first-order valence-electron chi connectivity index (χ1n) is 6.47. The number of rotatable bonds is 3. The summed E-state index contributed by atoms with van der Waals surface area (Å²) in [5, 5.41) is 3.61. The highest BCUT2D eigenvalue weighted by Gasteiger charge is 2.25. The zero-order chi connectivity index (χ0) is 13.1. The van der Waals surface area contributed by atoms with Gasteiger partial charge in [-0.1, -0.05) is 37.6 Å². The lowest BCUT2D eigenvalue weighted by Gasteiger charge is -2.38. The van der Waals surface area contributed by atoms with Crippen molar-refractivity contribution in [2.75, 3.05) is 19.6 Å². The third-order valence-electron chi connectivity index (χ3n) is 3.57. The van der Waals surface area contributed by atoms with Crippen molar-refractivity contribution in [3.05, 3.63) is 34.6 Å². The van der Waals surface area contributed by atoms with E-state index >= 15 is 0 Å². The molecule has 0 amide bonds. The van der Waals surface area contributed by atoms with Crippen LogP contribution in [0.1, 0.15) is 19.4 Å². The lowest BCUT2D eigenvalue weighted by Crippen LogP contribution is -2.53. The summed E-state index contributed by atoms with van der Waals surface area (Å²) < 4.78 is 13.9. The molecule has 1 saturated heterocycles. The predicted octanol–water partition coefficient (Wildman–Crippen LogP) is 2.91. The molecule has 1 aliphatic rings. The van der Waals surface area contributed by atoms with Gasteiger partial charge in [-0.2, -0.15) is 0 Å². The predicted molar refractivity (Wildman–Crippen MR) is 73.3 cm³/mol. The number of hydrogen-bond donors (Lipinski definition) is 1. The Balaban J connectivity index is 2.13. The molecule has 18 heavy (non-hydrogen) atoms. The Kier molecular flexibility index (Phi) is 4.60. The lowest BCUT2D eigenvalue weighted by molar-refractivity contribution is 0.116. The number of piperazine rings is 1. The summed E-state index contributed by atoms with van der Waals surface area (Å²) in [6.45, 7) is 7.94. The van der Waals surface area contributed by atoms with Crippen LogP contribution >= 0.6 is 11.6 Å². The van der Waals surface area contributed by atoms with Crippen LogP contribution in [-0.4, -0.2) is 30.6 Å². The number of nitrogens with zero attached hydrogens (tertiary/aromatic N) is 1. The summed E-state index contributed by atoms with van der Waals surface area (Å²) in [6, 6.07) is 5.68. The maximum absolute atomic E-state index is 13.9. The van der Waals surface area contributed by atoms with Crippen LogP contribution in [0.4, 0.5) is 4.39 Å². The van der Waals surface area contributed by atoms with Crippen LogP contribution < -0.4 is 5.32 Å². The molecule has 1 aromatic carbocycles. The second-order valence-corrected chi connectivity index (χ2v) is 5.61. The largest absolute Gasteiger partial charge is 0.314 e. The Morgan fingerprint density at radius 2 is 2.28 bits per heavy atom. The molecule has 1 aromatic rings. The van der Waals surface area contributed by atoms with E-state index in [1.807, 2.05) is 12.1 Å². The van der Waals surface area contributed by atoms with Crippen LogP contribution in [-0.2, 0) is 6.54 Å². The maximum Gasteiger partial charge on any atom is 0.146 e. The van der Waals surface area contributed by atoms with E-state index in [9.17, 15) is 4.39 Å². The standard InChI is InChI=1S/C14H20ClFN2/c1-10(2)13-8-17-6-7-18(13)9-11-4-3-5-12(15)14(11)16/h3-5,10,13,17H,6-9H2,1-2H3. The molecular formula is C14H20ClFN2. The van der Waals surface area contributed by atoms with Crippen molar-refractivity contribution in [1.82, 2.24) is 10.2 Å². The van der Waals surface area contributed by atoms with E-state index in [2.05, 4.69) is 24.1 Å². The Hall–Kier alpha value is -0.640. The van der Waals surface area contributed by atoms with Gasteiger partial charge in [-0.15, -0.1) is 0 Å². The van der Waals surface area contributed by atoms with Crippen molar-refractivity contribution in [3.63, 3.8) is 0 Å². The molecule has 0 aliphatic carbocycles. The molecule has 100 valence electrons. The molecule has 1 atom stereocenters. The van der Waals surface area contributed by atoms with Gasteiger partial charge in [0.1, 0.15) is 5.82 Å². The average molecular weight is 271 g/mol. The van der Waals surface area contributed by atoms with Crippen LogP contribution in [0, 0.1) is 11.7 Å². The van der Waals surface area contributed by atoms with Gasteiger partial charge in [-0.3, -0.25) is 4.90 Å².